The maximum absolute atomic E-state index is 16.7. The van der Waals surface area contributed by atoms with Gasteiger partial charge in [0.25, 0.3) is 0 Å². The number of likely N-dealkylation sites (tertiary alicyclic amines) is 1. The Morgan fingerprint density at radius 3 is 2.79 bits per heavy atom. The lowest BCUT2D eigenvalue weighted by Crippen LogP contribution is -2.43. The quantitative estimate of drug-likeness (QED) is 0.269. The highest BCUT2D eigenvalue weighted by atomic mass is 35.5. The first-order valence-corrected chi connectivity index (χ1v) is 15.3. The number of nitriles is 1. The minimum absolute atomic E-state index is 0.0660. The van der Waals surface area contributed by atoms with Crippen molar-refractivity contribution in [3.63, 3.8) is 0 Å². The zero-order chi connectivity index (χ0) is 29.3. The fraction of sp³-hybridized carbons (Fsp3) is 0.438. The van der Waals surface area contributed by atoms with Crippen LogP contribution in [0.2, 0.25) is 5.02 Å². The number of nitrogens with zero attached hydrogens (tertiary/aromatic N) is 7. The van der Waals surface area contributed by atoms with Crippen LogP contribution < -0.4 is 9.64 Å². The molecule has 4 atom stereocenters. The largest absolute Gasteiger partial charge is 0.461 e. The molecule has 43 heavy (non-hydrogen) atoms. The van der Waals surface area contributed by atoms with Crippen LogP contribution in [-0.2, 0) is 0 Å². The summed E-state index contributed by atoms with van der Waals surface area (Å²) in [6, 6.07) is 11.4. The van der Waals surface area contributed by atoms with Crippen molar-refractivity contribution < 1.29 is 13.5 Å². The van der Waals surface area contributed by atoms with E-state index in [1.165, 1.54) is 0 Å². The molecular formula is C32H30ClF2N7O. The second kappa shape index (κ2) is 10.1. The maximum atomic E-state index is 16.7. The van der Waals surface area contributed by atoms with Crippen molar-refractivity contribution in [2.45, 2.75) is 55.9 Å². The molecule has 0 spiro atoms. The van der Waals surface area contributed by atoms with Crippen molar-refractivity contribution in [2.24, 2.45) is 0 Å². The third-order valence-electron chi connectivity index (χ3n) is 9.96. The SMILES string of the molecule is N#CN1CC[C@H]2[C@H]1CCN2c1nc(OC[C@@]23CCCN2C[C@H](F)C3)nc2c(F)c(-c3cccc4cccc(Cl)c34)ncc12. The Kier molecular flexibility index (Phi) is 6.31. The van der Waals surface area contributed by atoms with Crippen LogP contribution in [0.3, 0.4) is 0 Å². The van der Waals surface area contributed by atoms with E-state index in [0.717, 1.165) is 43.0 Å². The molecule has 4 fully saturated rings. The molecule has 2 aromatic heterocycles. The number of halogens is 3. The van der Waals surface area contributed by atoms with Crippen molar-refractivity contribution >= 4 is 39.1 Å². The van der Waals surface area contributed by atoms with Crippen molar-refractivity contribution in [1.29, 1.82) is 5.26 Å². The summed E-state index contributed by atoms with van der Waals surface area (Å²) in [5.74, 6) is -0.0265. The Morgan fingerprint density at radius 1 is 1.09 bits per heavy atom. The summed E-state index contributed by atoms with van der Waals surface area (Å²) in [7, 11) is 0. The molecule has 11 heteroatoms. The van der Waals surface area contributed by atoms with E-state index in [9.17, 15) is 9.65 Å². The molecule has 8 nitrogen and oxygen atoms in total. The molecular weight excluding hydrogens is 572 g/mol. The van der Waals surface area contributed by atoms with E-state index in [4.69, 9.17) is 21.3 Å². The van der Waals surface area contributed by atoms with Crippen molar-refractivity contribution in [2.75, 3.05) is 37.7 Å². The number of hydrogen-bond donors (Lipinski definition) is 0. The predicted molar refractivity (Wildman–Crippen MR) is 160 cm³/mol. The molecule has 0 amide bonds. The van der Waals surface area contributed by atoms with Crippen molar-refractivity contribution in [1.82, 2.24) is 24.8 Å². The molecule has 0 unspecified atom stereocenters. The number of anilines is 1. The fourth-order valence-corrected chi connectivity index (χ4v) is 8.29. The van der Waals surface area contributed by atoms with Crippen molar-refractivity contribution in [3.8, 4) is 23.5 Å². The van der Waals surface area contributed by atoms with E-state index in [1.54, 1.807) is 12.3 Å². The van der Waals surface area contributed by atoms with Gasteiger partial charge in [-0.3, -0.25) is 9.88 Å². The second-order valence-corrected chi connectivity index (χ2v) is 12.6. The van der Waals surface area contributed by atoms with Crippen LogP contribution in [0.25, 0.3) is 32.9 Å². The van der Waals surface area contributed by atoms with Gasteiger partial charge in [0.05, 0.1) is 23.0 Å². The van der Waals surface area contributed by atoms with E-state index in [1.807, 2.05) is 35.2 Å². The lowest BCUT2D eigenvalue weighted by atomic mass is 9.95. The van der Waals surface area contributed by atoms with Crippen LogP contribution in [0.15, 0.2) is 42.6 Å². The van der Waals surface area contributed by atoms with Crippen LogP contribution in [0.1, 0.15) is 32.1 Å². The van der Waals surface area contributed by atoms with Gasteiger partial charge in [-0.25, -0.2) is 8.78 Å². The van der Waals surface area contributed by atoms with Gasteiger partial charge in [0.15, 0.2) is 12.0 Å². The van der Waals surface area contributed by atoms with Gasteiger partial charge >= 0.3 is 6.01 Å². The van der Waals surface area contributed by atoms with Gasteiger partial charge in [0, 0.05) is 48.2 Å². The summed E-state index contributed by atoms with van der Waals surface area (Å²) in [6.45, 7) is 2.84. The third kappa shape index (κ3) is 4.20. The fourth-order valence-electron chi connectivity index (χ4n) is 8.01. The minimum Gasteiger partial charge on any atom is -0.461 e. The lowest BCUT2D eigenvalue weighted by Gasteiger charge is -2.31. The van der Waals surface area contributed by atoms with Crippen LogP contribution in [0, 0.1) is 17.3 Å². The van der Waals surface area contributed by atoms with Gasteiger partial charge in [0.1, 0.15) is 29.8 Å². The van der Waals surface area contributed by atoms with Gasteiger partial charge in [-0.2, -0.15) is 15.2 Å². The number of hydrogen-bond acceptors (Lipinski definition) is 8. The lowest BCUT2D eigenvalue weighted by molar-refractivity contribution is 0.107. The molecule has 2 aromatic carbocycles. The summed E-state index contributed by atoms with van der Waals surface area (Å²) >= 11 is 6.59. The van der Waals surface area contributed by atoms with E-state index in [-0.39, 0.29) is 35.9 Å². The van der Waals surface area contributed by atoms with Crippen LogP contribution >= 0.6 is 11.6 Å². The molecule has 6 heterocycles. The van der Waals surface area contributed by atoms with Crippen LogP contribution in [0.4, 0.5) is 14.6 Å². The molecule has 0 saturated carbocycles. The number of alkyl halides is 1. The summed E-state index contributed by atoms with van der Waals surface area (Å²) in [5, 5.41) is 12.2. The first kappa shape index (κ1) is 26.8. The normalized spacial score (nSPS) is 26.8. The monoisotopic (exact) mass is 601 g/mol. The number of fused-ring (bicyclic) bond motifs is 4. The Balaban J connectivity index is 1.25. The molecule has 0 N–H and O–H groups in total. The Morgan fingerprint density at radius 2 is 1.93 bits per heavy atom. The van der Waals surface area contributed by atoms with Gasteiger partial charge in [-0.15, -0.1) is 0 Å². The number of ether oxygens (including phenoxy) is 1. The summed E-state index contributed by atoms with van der Waals surface area (Å²) in [5.41, 5.74) is 0.446. The summed E-state index contributed by atoms with van der Waals surface area (Å²) in [4.78, 5) is 20.2. The number of pyridine rings is 1. The highest BCUT2D eigenvalue weighted by Gasteiger charge is 2.49. The Hall–Kier alpha value is -3.81. The Labute approximate surface area is 252 Å². The van der Waals surface area contributed by atoms with Crippen LogP contribution in [-0.4, -0.2) is 81.3 Å². The van der Waals surface area contributed by atoms with E-state index >= 15 is 4.39 Å². The van der Waals surface area contributed by atoms with Gasteiger partial charge in [-0.1, -0.05) is 41.9 Å². The Bertz CT molecular complexity index is 1790. The predicted octanol–water partition coefficient (Wildman–Crippen LogP) is 5.73. The van der Waals surface area contributed by atoms with Gasteiger partial charge in [-0.05, 0) is 43.7 Å². The average Bonchev–Trinajstić information content (AvgIpc) is 3.77. The smallest absolute Gasteiger partial charge is 0.319 e. The third-order valence-corrected chi connectivity index (χ3v) is 10.3. The standard InChI is InChI=1S/C32H30ClF2N7O/c33-23-7-2-5-19-4-1-6-21(26(19)23)28-27(35)29-22(15-37-28)30(42-13-9-24-25(42)8-12-40(24)18-36)39-31(38-29)43-17-32-10-3-11-41(32)16-20(34)14-32/h1-2,4-7,15,20,24-25H,3,8-14,16-17H2/t20-,24-,25+,32+/m1/s1. The molecule has 0 bridgehead atoms. The first-order valence-electron chi connectivity index (χ1n) is 14.9. The first-order chi connectivity index (χ1) is 21.0. The summed E-state index contributed by atoms with van der Waals surface area (Å²) in [6.07, 6.45) is 6.92. The molecule has 4 aliphatic heterocycles. The number of aromatic nitrogens is 3. The molecule has 0 radical (unpaired) electrons. The average molecular weight is 602 g/mol. The zero-order valence-electron chi connectivity index (χ0n) is 23.5. The topological polar surface area (TPSA) is 81.4 Å². The van der Waals surface area contributed by atoms with E-state index in [2.05, 4.69) is 26.0 Å². The molecule has 4 saturated heterocycles. The second-order valence-electron chi connectivity index (χ2n) is 12.2. The summed E-state index contributed by atoms with van der Waals surface area (Å²) < 4.78 is 37.4. The molecule has 0 aliphatic carbocycles. The number of benzene rings is 2. The maximum Gasteiger partial charge on any atom is 0.319 e. The molecule has 8 rings (SSSR count). The van der Waals surface area contributed by atoms with Gasteiger partial charge in [0.2, 0.25) is 0 Å². The van der Waals surface area contributed by atoms with E-state index < -0.39 is 17.5 Å². The van der Waals surface area contributed by atoms with Crippen LogP contribution in [0.5, 0.6) is 6.01 Å². The zero-order valence-corrected chi connectivity index (χ0v) is 24.3. The van der Waals surface area contributed by atoms with Crippen molar-refractivity contribution in [3.05, 3.63) is 53.4 Å². The van der Waals surface area contributed by atoms with E-state index in [0.29, 0.717) is 47.8 Å². The molecule has 4 aliphatic rings. The minimum atomic E-state index is -0.887. The molecule has 220 valence electrons. The highest BCUT2D eigenvalue weighted by molar-refractivity contribution is 6.36. The highest BCUT2D eigenvalue weighted by Crippen LogP contribution is 2.42. The number of rotatable bonds is 5. The molecule has 4 aromatic rings. The van der Waals surface area contributed by atoms with Gasteiger partial charge < -0.3 is 14.5 Å².